The van der Waals surface area contributed by atoms with E-state index in [0.717, 1.165) is 42.5 Å². The van der Waals surface area contributed by atoms with Gasteiger partial charge in [0.1, 0.15) is 11.5 Å². The van der Waals surface area contributed by atoms with Gasteiger partial charge in [0.15, 0.2) is 5.82 Å². The lowest BCUT2D eigenvalue weighted by atomic mass is 9.92. The third-order valence-electron chi connectivity index (χ3n) is 5.10. The van der Waals surface area contributed by atoms with Crippen molar-refractivity contribution < 1.29 is 4.39 Å². The number of hydrogen-bond acceptors (Lipinski definition) is 5. The Labute approximate surface area is 158 Å². The Hall–Kier alpha value is -2.54. The molecule has 0 aliphatic carbocycles. The van der Waals surface area contributed by atoms with Gasteiger partial charge in [-0.25, -0.2) is 9.37 Å². The molecule has 0 saturated carbocycles. The van der Waals surface area contributed by atoms with Gasteiger partial charge in [0.05, 0.1) is 11.4 Å². The van der Waals surface area contributed by atoms with Crippen LogP contribution in [-0.4, -0.2) is 50.7 Å². The van der Waals surface area contributed by atoms with Crippen molar-refractivity contribution in [2.75, 3.05) is 25.0 Å². The Kier molecular flexibility index (Phi) is 4.34. The minimum atomic E-state index is -0.256. The molecule has 0 unspecified atom stereocenters. The quantitative estimate of drug-likeness (QED) is 0.709. The number of halogens is 1. The van der Waals surface area contributed by atoms with Crippen LogP contribution in [0.15, 0.2) is 36.7 Å². The number of imidazole rings is 1. The normalized spacial score (nSPS) is 15.6. The molecular weight excluding hydrogens is 343 g/mol. The third kappa shape index (κ3) is 3.64. The second-order valence-electron chi connectivity index (χ2n) is 8.35. The lowest BCUT2D eigenvalue weighted by Gasteiger charge is -2.44. The summed E-state index contributed by atoms with van der Waals surface area (Å²) < 4.78 is 15.1. The van der Waals surface area contributed by atoms with Crippen molar-refractivity contribution in [2.45, 2.75) is 38.8 Å². The van der Waals surface area contributed by atoms with Crippen LogP contribution in [0.1, 0.15) is 32.2 Å². The van der Waals surface area contributed by atoms with Crippen LogP contribution in [0.5, 0.6) is 0 Å². The van der Waals surface area contributed by atoms with E-state index in [1.54, 1.807) is 10.5 Å². The number of fused-ring (bicyclic) bond motifs is 1. The van der Waals surface area contributed by atoms with Gasteiger partial charge in [-0.3, -0.25) is 4.90 Å². The summed E-state index contributed by atoms with van der Waals surface area (Å²) >= 11 is 0. The lowest BCUT2D eigenvalue weighted by molar-refractivity contribution is 0.195. The second kappa shape index (κ2) is 6.56. The van der Waals surface area contributed by atoms with Crippen LogP contribution < -0.4 is 4.90 Å². The van der Waals surface area contributed by atoms with E-state index in [1.165, 1.54) is 12.3 Å². The standard InChI is InChI=1S/C20H25FN6/c1-20(2,3)17-6-8-19(24-23-17)27-12-16(13-27)25(4)10-15-11-26-9-14(21)5-7-18(26)22-15/h5-9,11,16H,10,12-13H2,1-4H3. The molecule has 0 spiro atoms. The summed E-state index contributed by atoms with van der Waals surface area (Å²) in [7, 11) is 2.10. The van der Waals surface area contributed by atoms with Crippen LogP contribution in [0.25, 0.3) is 5.65 Å². The van der Waals surface area contributed by atoms with Crippen molar-refractivity contribution in [3.63, 3.8) is 0 Å². The van der Waals surface area contributed by atoms with Crippen LogP contribution in [0, 0.1) is 5.82 Å². The third-order valence-corrected chi connectivity index (χ3v) is 5.10. The summed E-state index contributed by atoms with van der Waals surface area (Å²) in [6.07, 6.45) is 3.35. The zero-order valence-corrected chi connectivity index (χ0v) is 16.2. The summed E-state index contributed by atoms with van der Waals surface area (Å²) in [5, 5.41) is 8.76. The molecule has 4 rings (SSSR count). The van der Waals surface area contributed by atoms with E-state index in [4.69, 9.17) is 0 Å². The van der Waals surface area contributed by atoms with E-state index in [2.05, 4.69) is 64.9 Å². The number of aromatic nitrogens is 4. The molecule has 3 aromatic rings. The van der Waals surface area contributed by atoms with E-state index in [0.29, 0.717) is 6.04 Å². The first kappa shape index (κ1) is 17.9. The van der Waals surface area contributed by atoms with Crippen molar-refractivity contribution in [1.82, 2.24) is 24.5 Å². The fourth-order valence-corrected chi connectivity index (χ4v) is 3.29. The van der Waals surface area contributed by atoms with Gasteiger partial charge in [0.25, 0.3) is 0 Å². The van der Waals surface area contributed by atoms with Gasteiger partial charge in [0, 0.05) is 43.5 Å². The summed E-state index contributed by atoms with van der Waals surface area (Å²) in [4.78, 5) is 9.08. The highest BCUT2D eigenvalue weighted by molar-refractivity contribution is 5.42. The van der Waals surface area contributed by atoms with Gasteiger partial charge in [-0.2, -0.15) is 5.10 Å². The molecular formula is C20H25FN6. The Morgan fingerprint density at radius 2 is 1.89 bits per heavy atom. The molecule has 3 aromatic heterocycles. The summed E-state index contributed by atoms with van der Waals surface area (Å²) in [5.74, 6) is 0.670. The highest BCUT2D eigenvalue weighted by Gasteiger charge is 2.31. The second-order valence-corrected chi connectivity index (χ2v) is 8.35. The average Bonchev–Trinajstić information content (AvgIpc) is 2.94. The molecule has 142 valence electrons. The van der Waals surface area contributed by atoms with E-state index in [1.807, 2.05) is 6.20 Å². The molecule has 1 saturated heterocycles. The average molecular weight is 368 g/mol. The summed E-state index contributed by atoms with van der Waals surface area (Å²) in [5.41, 5.74) is 2.73. The molecule has 0 N–H and O–H groups in total. The zero-order chi connectivity index (χ0) is 19.2. The molecule has 7 heteroatoms. The Morgan fingerprint density at radius 1 is 1.11 bits per heavy atom. The number of likely N-dealkylation sites (N-methyl/N-ethyl adjacent to an activating group) is 1. The number of anilines is 1. The van der Waals surface area contributed by atoms with Crippen molar-refractivity contribution in [1.29, 1.82) is 0 Å². The van der Waals surface area contributed by atoms with Gasteiger partial charge in [-0.1, -0.05) is 20.8 Å². The smallest absolute Gasteiger partial charge is 0.151 e. The van der Waals surface area contributed by atoms with E-state index < -0.39 is 0 Å². The van der Waals surface area contributed by atoms with Crippen LogP contribution in [-0.2, 0) is 12.0 Å². The maximum absolute atomic E-state index is 13.3. The lowest BCUT2D eigenvalue weighted by Crippen LogP contribution is -2.58. The predicted octanol–water partition coefficient (Wildman–Crippen LogP) is 2.88. The summed E-state index contributed by atoms with van der Waals surface area (Å²) in [6, 6.07) is 7.70. The molecule has 0 amide bonds. The first-order valence-corrected chi connectivity index (χ1v) is 9.22. The zero-order valence-electron chi connectivity index (χ0n) is 16.2. The predicted molar refractivity (Wildman–Crippen MR) is 103 cm³/mol. The van der Waals surface area contributed by atoms with E-state index in [-0.39, 0.29) is 11.2 Å². The minimum absolute atomic E-state index is 0.0141. The van der Waals surface area contributed by atoms with Gasteiger partial charge >= 0.3 is 0 Å². The van der Waals surface area contributed by atoms with Crippen LogP contribution >= 0.6 is 0 Å². The fourth-order valence-electron chi connectivity index (χ4n) is 3.29. The fraction of sp³-hybridized carbons (Fsp3) is 0.450. The Morgan fingerprint density at radius 3 is 2.56 bits per heavy atom. The number of rotatable bonds is 4. The van der Waals surface area contributed by atoms with Crippen LogP contribution in [0.4, 0.5) is 10.2 Å². The van der Waals surface area contributed by atoms with Crippen molar-refractivity contribution in [2.24, 2.45) is 0 Å². The SMILES string of the molecule is CN(Cc1cn2cc(F)ccc2n1)C1CN(c2ccc(C(C)(C)C)nn2)C1. The maximum atomic E-state index is 13.3. The minimum Gasteiger partial charge on any atom is -0.352 e. The molecule has 4 heterocycles. The number of nitrogens with zero attached hydrogens (tertiary/aromatic N) is 6. The molecule has 1 aliphatic heterocycles. The summed E-state index contributed by atoms with van der Waals surface area (Å²) in [6.45, 7) is 8.98. The molecule has 0 radical (unpaired) electrons. The van der Waals surface area contributed by atoms with Gasteiger partial charge in [-0.15, -0.1) is 5.10 Å². The van der Waals surface area contributed by atoms with Gasteiger partial charge in [0.2, 0.25) is 0 Å². The molecule has 27 heavy (non-hydrogen) atoms. The molecule has 1 aliphatic rings. The Bertz CT molecular complexity index is 937. The van der Waals surface area contributed by atoms with E-state index in [9.17, 15) is 4.39 Å². The number of hydrogen-bond donors (Lipinski definition) is 0. The first-order chi connectivity index (χ1) is 12.8. The monoisotopic (exact) mass is 368 g/mol. The van der Waals surface area contributed by atoms with Crippen molar-refractivity contribution >= 4 is 11.5 Å². The topological polar surface area (TPSA) is 49.6 Å². The molecule has 0 bridgehead atoms. The van der Waals surface area contributed by atoms with E-state index >= 15 is 0 Å². The first-order valence-electron chi connectivity index (χ1n) is 9.22. The molecule has 0 atom stereocenters. The van der Waals surface area contributed by atoms with Crippen LogP contribution in [0.2, 0.25) is 0 Å². The largest absolute Gasteiger partial charge is 0.352 e. The van der Waals surface area contributed by atoms with Crippen molar-refractivity contribution in [3.8, 4) is 0 Å². The van der Waals surface area contributed by atoms with Crippen LogP contribution in [0.3, 0.4) is 0 Å². The highest BCUT2D eigenvalue weighted by Crippen LogP contribution is 2.24. The van der Waals surface area contributed by atoms with Gasteiger partial charge < -0.3 is 9.30 Å². The number of pyridine rings is 1. The maximum Gasteiger partial charge on any atom is 0.151 e. The highest BCUT2D eigenvalue weighted by atomic mass is 19.1. The Balaban J connectivity index is 1.35. The molecule has 6 nitrogen and oxygen atoms in total. The van der Waals surface area contributed by atoms with Gasteiger partial charge in [-0.05, 0) is 31.3 Å². The molecule has 1 fully saturated rings. The van der Waals surface area contributed by atoms with Crippen molar-refractivity contribution in [3.05, 3.63) is 53.9 Å². The molecule has 0 aromatic carbocycles.